The number of fused-ring (bicyclic) bond motifs is 1. The number of benzene rings is 1. The smallest absolute Gasteiger partial charge is 0.313 e. The number of hydrogen-bond acceptors (Lipinski definition) is 4. The van der Waals surface area contributed by atoms with Gasteiger partial charge in [0.15, 0.2) is 0 Å². The van der Waals surface area contributed by atoms with E-state index in [9.17, 15) is 18.3 Å². The molecule has 0 aliphatic carbocycles. The maximum atomic E-state index is 12.0. The normalized spacial score (nSPS) is 16.7. The number of hydrogen-bond donors (Lipinski definition) is 1. The third kappa shape index (κ3) is 2.02. The topological polar surface area (TPSA) is 80.7 Å². The quantitative estimate of drug-likeness (QED) is 0.916. The van der Waals surface area contributed by atoms with Crippen LogP contribution in [0.2, 0.25) is 0 Å². The van der Waals surface area contributed by atoms with Crippen LogP contribution < -0.4 is 4.74 Å². The van der Waals surface area contributed by atoms with Gasteiger partial charge in [0, 0.05) is 11.0 Å². The zero-order valence-corrected chi connectivity index (χ0v) is 11.6. The van der Waals surface area contributed by atoms with Crippen LogP contribution >= 0.6 is 0 Å². The number of ether oxygens (including phenoxy) is 1. The fraction of sp³-hybridized carbons (Fsp3) is 0.308. The lowest BCUT2D eigenvalue weighted by Gasteiger charge is -2.21. The molecular formula is C13H14O5S. The monoisotopic (exact) mass is 282 g/mol. The van der Waals surface area contributed by atoms with Crippen molar-refractivity contribution in [2.45, 2.75) is 18.7 Å². The minimum absolute atomic E-state index is 0.123. The second-order valence-corrected chi connectivity index (χ2v) is 6.63. The molecule has 0 fully saturated rings. The Kier molecular flexibility index (Phi) is 2.93. The molecule has 19 heavy (non-hydrogen) atoms. The molecule has 102 valence electrons. The van der Waals surface area contributed by atoms with E-state index in [1.54, 1.807) is 12.1 Å². The molecule has 0 spiro atoms. The van der Waals surface area contributed by atoms with Crippen LogP contribution in [0, 0.1) is 5.41 Å². The van der Waals surface area contributed by atoms with Gasteiger partial charge in [-0.15, -0.1) is 0 Å². The van der Waals surface area contributed by atoms with E-state index in [-0.39, 0.29) is 10.5 Å². The number of aliphatic carboxylic acids is 1. The number of carboxylic acid groups (broad SMARTS) is 1. The summed E-state index contributed by atoms with van der Waals surface area (Å²) in [6, 6.07) is 4.53. The molecular weight excluding hydrogens is 268 g/mol. The largest absolute Gasteiger partial charge is 0.497 e. The van der Waals surface area contributed by atoms with Gasteiger partial charge in [-0.3, -0.25) is 4.79 Å². The average Bonchev–Trinajstić information content (AvgIpc) is 2.61. The highest BCUT2D eigenvalue weighted by atomic mass is 32.2. The molecule has 6 heteroatoms. The molecule has 0 amide bonds. The molecule has 5 nitrogen and oxygen atoms in total. The van der Waals surface area contributed by atoms with E-state index >= 15 is 0 Å². The van der Waals surface area contributed by atoms with E-state index in [2.05, 4.69) is 0 Å². The minimum Gasteiger partial charge on any atom is -0.497 e. The molecule has 0 radical (unpaired) electrons. The molecule has 0 unspecified atom stereocenters. The van der Waals surface area contributed by atoms with Gasteiger partial charge in [-0.2, -0.15) is 0 Å². The van der Waals surface area contributed by atoms with Gasteiger partial charge in [0.2, 0.25) is 9.84 Å². The van der Waals surface area contributed by atoms with Crippen LogP contribution in [0.25, 0.3) is 5.57 Å². The second-order valence-electron chi connectivity index (χ2n) is 4.87. The number of rotatable bonds is 3. The summed E-state index contributed by atoms with van der Waals surface area (Å²) >= 11 is 0. The second kappa shape index (κ2) is 4.09. The van der Waals surface area contributed by atoms with E-state index in [1.165, 1.54) is 27.0 Å². The highest BCUT2D eigenvalue weighted by molar-refractivity contribution is 7.95. The highest BCUT2D eigenvalue weighted by Crippen LogP contribution is 2.44. The van der Waals surface area contributed by atoms with Crippen LogP contribution in [0.4, 0.5) is 0 Å². The Balaban J connectivity index is 2.72. The average molecular weight is 282 g/mol. The Morgan fingerprint density at radius 2 is 1.95 bits per heavy atom. The Bertz CT molecular complexity index is 683. The number of carboxylic acids is 1. The predicted octanol–water partition coefficient (Wildman–Crippen LogP) is 1.93. The van der Waals surface area contributed by atoms with Gasteiger partial charge in [0.25, 0.3) is 0 Å². The van der Waals surface area contributed by atoms with Crippen LogP contribution in [0.5, 0.6) is 5.75 Å². The first-order chi connectivity index (χ1) is 8.70. The van der Waals surface area contributed by atoms with Crippen molar-refractivity contribution < 1.29 is 23.1 Å². The van der Waals surface area contributed by atoms with Crippen molar-refractivity contribution in [3.63, 3.8) is 0 Å². The lowest BCUT2D eigenvalue weighted by Crippen LogP contribution is -2.24. The predicted molar refractivity (Wildman–Crippen MR) is 69.6 cm³/mol. The van der Waals surface area contributed by atoms with Crippen molar-refractivity contribution in [2.75, 3.05) is 7.11 Å². The van der Waals surface area contributed by atoms with Crippen LogP contribution in [0.3, 0.4) is 0 Å². The van der Waals surface area contributed by atoms with Gasteiger partial charge >= 0.3 is 5.97 Å². The fourth-order valence-electron chi connectivity index (χ4n) is 1.98. The van der Waals surface area contributed by atoms with Crippen LogP contribution in [-0.2, 0) is 14.6 Å². The summed E-state index contributed by atoms with van der Waals surface area (Å²) in [5.74, 6) is -0.590. The highest BCUT2D eigenvalue weighted by Gasteiger charge is 2.40. The van der Waals surface area contributed by atoms with E-state index in [0.717, 1.165) is 5.41 Å². The summed E-state index contributed by atoms with van der Waals surface area (Å²) in [5.41, 5.74) is -0.620. The van der Waals surface area contributed by atoms with Gasteiger partial charge in [0.1, 0.15) is 5.75 Å². The molecule has 1 N–H and O–H groups in total. The van der Waals surface area contributed by atoms with E-state index < -0.39 is 21.2 Å². The van der Waals surface area contributed by atoms with E-state index in [1.807, 2.05) is 0 Å². The lowest BCUT2D eigenvalue weighted by molar-refractivity contribution is -0.143. The zero-order valence-electron chi connectivity index (χ0n) is 10.8. The molecule has 1 aliphatic heterocycles. The van der Waals surface area contributed by atoms with Crippen molar-refractivity contribution in [1.82, 2.24) is 0 Å². The van der Waals surface area contributed by atoms with Gasteiger partial charge in [-0.1, -0.05) is 0 Å². The standard InChI is InChI=1S/C13H14O5S/c1-13(2,12(14)15)10-7-19(16,17)11-5-4-8(18-3)6-9(10)11/h4-7H,1-3H3,(H,14,15). The summed E-state index contributed by atoms with van der Waals surface area (Å²) in [7, 11) is -2.11. The van der Waals surface area contributed by atoms with Gasteiger partial charge in [0.05, 0.1) is 17.4 Å². The first kappa shape index (κ1) is 13.6. The lowest BCUT2D eigenvalue weighted by atomic mass is 9.81. The molecule has 2 rings (SSSR count). The van der Waals surface area contributed by atoms with Crippen LogP contribution in [-0.4, -0.2) is 26.6 Å². The van der Waals surface area contributed by atoms with E-state index in [4.69, 9.17) is 4.74 Å². The molecule has 0 aromatic heterocycles. The van der Waals surface area contributed by atoms with Crippen LogP contribution in [0.1, 0.15) is 19.4 Å². The first-order valence-corrected chi connectivity index (χ1v) is 7.14. The molecule has 1 aliphatic rings. The van der Waals surface area contributed by atoms with Gasteiger partial charge < -0.3 is 9.84 Å². The first-order valence-electron chi connectivity index (χ1n) is 5.59. The summed E-state index contributed by atoms with van der Waals surface area (Å²) in [4.78, 5) is 11.4. The molecule has 1 heterocycles. The molecule has 0 atom stereocenters. The number of methoxy groups -OCH3 is 1. The summed E-state index contributed by atoms with van der Waals surface area (Å²) < 4.78 is 29.1. The van der Waals surface area contributed by atoms with Crippen molar-refractivity contribution >= 4 is 21.4 Å². The third-order valence-corrected chi connectivity index (χ3v) is 4.78. The van der Waals surface area contributed by atoms with Gasteiger partial charge in [-0.05, 0) is 37.6 Å². The Morgan fingerprint density at radius 3 is 2.47 bits per heavy atom. The summed E-state index contributed by atoms with van der Waals surface area (Å²) in [6.45, 7) is 2.95. The van der Waals surface area contributed by atoms with Crippen molar-refractivity contribution in [2.24, 2.45) is 5.41 Å². The van der Waals surface area contributed by atoms with Crippen molar-refractivity contribution in [1.29, 1.82) is 0 Å². The Morgan fingerprint density at radius 1 is 1.32 bits per heavy atom. The van der Waals surface area contributed by atoms with Gasteiger partial charge in [-0.25, -0.2) is 8.42 Å². The SMILES string of the molecule is COc1ccc2c(c1)C(C(C)(C)C(=O)O)=CS2(=O)=O. The van der Waals surface area contributed by atoms with E-state index in [0.29, 0.717) is 11.3 Å². The van der Waals surface area contributed by atoms with Crippen molar-refractivity contribution in [3.8, 4) is 5.75 Å². The molecule has 1 aromatic carbocycles. The summed E-state index contributed by atoms with van der Waals surface area (Å²) in [5, 5.41) is 10.3. The maximum absolute atomic E-state index is 12.0. The molecule has 1 aromatic rings. The molecule has 0 saturated carbocycles. The van der Waals surface area contributed by atoms with Crippen LogP contribution in [0.15, 0.2) is 28.5 Å². The van der Waals surface area contributed by atoms with Crippen molar-refractivity contribution in [3.05, 3.63) is 29.2 Å². The Hall–Kier alpha value is -1.82. The molecule has 0 bridgehead atoms. The number of sulfone groups is 1. The summed E-state index contributed by atoms with van der Waals surface area (Å²) in [6.07, 6.45) is 0. The maximum Gasteiger partial charge on any atom is 0.313 e. The minimum atomic E-state index is -3.58. The fourth-order valence-corrected chi connectivity index (χ4v) is 3.57. The zero-order chi connectivity index (χ0) is 14.4. The number of carbonyl (C=O) groups is 1. The third-order valence-electron chi connectivity index (χ3n) is 3.26. The Labute approximate surface area is 111 Å². The molecule has 0 saturated heterocycles.